The van der Waals surface area contributed by atoms with Crippen LogP contribution in [0.1, 0.15) is 45.6 Å². The molecule has 0 bridgehead atoms. The second-order valence-corrected chi connectivity index (χ2v) is 6.58. The second kappa shape index (κ2) is 6.83. The van der Waals surface area contributed by atoms with Crippen LogP contribution in [0.4, 0.5) is 0 Å². The first kappa shape index (κ1) is 15.7. The molecule has 4 heteroatoms. The Labute approximate surface area is 128 Å². The van der Waals surface area contributed by atoms with Gasteiger partial charge >= 0.3 is 0 Å². The van der Waals surface area contributed by atoms with Crippen LogP contribution in [0.2, 0.25) is 0 Å². The first-order valence-electron chi connectivity index (χ1n) is 7.71. The lowest BCUT2D eigenvalue weighted by atomic mass is 9.96. The highest BCUT2D eigenvalue weighted by molar-refractivity contribution is 5.80. The fourth-order valence-electron chi connectivity index (χ4n) is 2.15. The molecule has 0 unspecified atom stereocenters. The Morgan fingerprint density at radius 3 is 2.57 bits per heavy atom. The Kier molecular flexibility index (Phi) is 5.10. The van der Waals surface area contributed by atoms with E-state index in [0.717, 1.165) is 11.7 Å². The zero-order chi connectivity index (χ0) is 15.3. The highest BCUT2D eigenvalue weighted by atomic mass is 16.5. The van der Waals surface area contributed by atoms with Gasteiger partial charge in [-0.05, 0) is 46.1 Å². The molecule has 0 radical (unpaired) electrons. The molecule has 2 rings (SSSR count). The van der Waals surface area contributed by atoms with E-state index in [1.807, 2.05) is 12.1 Å². The molecule has 1 aliphatic carbocycles. The third kappa shape index (κ3) is 4.96. The van der Waals surface area contributed by atoms with E-state index in [1.54, 1.807) is 7.05 Å². The SMILES string of the molecule is CN=C(NCc1ccccc1OC1CCC1)NC(C)(C)C. The van der Waals surface area contributed by atoms with E-state index in [-0.39, 0.29) is 5.54 Å². The fraction of sp³-hybridized carbons (Fsp3) is 0.588. The summed E-state index contributed by atoms with van der Waals surface area (Å²) in [7, 11) is 1.79. The van der Waals surface area contributed by atoms with Gasteiger partial charge in [0.1, 0.15) is 5.75 Å². The molecule has 1 aromatic rings. The summed E-state index contributed by atoms with van der Waals surface area (Å²) < 4.78 is 6.05. The van der Waals surface area contributed by atoms with E-state index in [1.165, 1.54) is 24.8 Å². The van der Waals surface area contributed by atoms with Gasteiger partial charge in [0.2, 0.25) is 0 Å². The average Bonchev–Trinajstić information content (AvgIpc) is 2.38. The average molecular weight is 289 g/mol. The first-order valence-corrected chi connectivity index (χ1v) is 7.71. The molecule has 1 aromatic carbocycles. The van der Waals surface area contributed by atoms with E-state index < -0.39 is 0 Å². The number of rotatable bonds is 4. The Morgan fingerprint density at radius 1 is 1.29 bits per heavy atom. The predicted octanol–water partition coefficient (Wildman–Crippen LogP) is 3.08. The molecule has 0 aromatic heterocycles. The Balaban J connectivity index is 1.95. The van der Waals surface area contributed by atoms with Crippen LogP contribution < -0.4 is 15.4 Å². The van der Waals surface area contributed by atoms with Crippen molar-refractivity contribution >= 4 is 5.96 Å². The molecule has 4 nitrogen and oxygen atoms in total. The van der Waals surface area contributed by atoms with Crippen molar-refractivity contribution in [1.82, 2.24) is 10.6 Å². The minimum absolute atomic E-state index is 0.0101. The molecule has 1 saturated carbocycles. The van der Waals surface area contributed by atoms with Gasteiger partial charge in [-0.1, -0.05) is 18.2 Å². The van der Waals surface area contributed by atoms with Crippen molar-refractivity contribution in [2.75, 3.05) is 7.05 Å². The van der Waals surface area contributed by atoms with Gasteiger partial charge in [0, 0.05) is 24.7 Å². The van der Waals surface area contributed by atoms with Crippen LogP contribution >= 0.6 is 0 Å². The summed E-state index contributed by atoms with van der Waals surface area (Å²) in [5, 5.41) is 6.71. The molecule has 0 spiro atoms. The van der Waals surface area contributed by atoms with Gasteiger partial charge in [0.05, 0.1) is 6.10 Å². The van der Waals surface area contributed by atoms with Gasteiger partial charge in [0.25, 0.3) is 0 Å². The highest BCUT2D eigenvalue weighted by Gasteiger charge is 2.20. The Bertz CT molecular complexity index is 487. The summed E-state index contributed by atoms with van der Waals surface area (Å²) in [6, 6.07) is 8.23. The number of guanidine groups is 1. The third-order valence-corrected chi connectivity index (χ3v) is 3.48. The lowest BCUT2D eigenvalue weighted by Gasteiger charge is -2.28. The van der Waals surface area contributed by atoms with Crippen LogP contribution in [0, 0.1) is 0 Å². The molecule has 2 N–H and O–H groups in total. The van der Waals surface area contributed by atoms with Crippen LogP contribution in [0.15, 0.2) is 29.3 Å². The molecule has 0 amide bonds. The Hall–Kier alpha value is -1.71. The predicted molar refractivity (Wildman–Crippen MR) is 87.8 cm³/mol. The first-order chi connectivity index (χ1) is 9.98. The van der Waals surface area contributed by atoms with Crippen molar-refractivity contribution in [2.45, 2.75) is 58.2 Å². The van der Waals surface area contributed by atoms with Crippen molar-refractivity contribution in [3.63, 3.8) is 0 Å². The number of hydrogen-bond donors (Lipinski definition) is 2. The molecular weight excluding hydrogens is 262 g/mol. The van der Waals surface area contributed by atoms with Crippen molar-refractivity contribution < 1.29 is 4.74 Å². The summed E-state index contributed by atoms with van der Waals surface area (Å²) in [5.74, 6) is 1.79. The maximum atomic E-state index is 6.05. The fourth-order valence-corrected chi connectivity index (χ4v) is 2.15. The molecule has 116 valence electrons. The molecule has 21 heavy (non-hydrogen) atoms. The quantitative estimate of drug-likeness (QED) is 0.661. The maximum Gasteiger partial charge on any atom is 0.191 e. The number of para-hydroxylation sites is 1. The largest absolute Gasteiger partial charge is 0.490 e. The number of nitrogens with zero attached hydrogens (tertiary/aromatic N) is 1. The molecular formula is C17H27N3O. The summed E-state index contributed by atoms with van der Waals surface area (Å²) in [6.07, 6.45) is 4.04. The third-order valence-electron chi connectivity index (χ3n) is 3.48. The number of benzene rings is 1. The van der Waals surface area contributed by atoms with E-state index in [9.17, 15) is 0 Å². The van der Waals surface area contributed by atoms with Gasteiger partial charge < -0.3 is 15.4 Å². The molecule has 0 heterocycles. The number of nitrogens with one attached hydrogen (secondary N) is 2. The lowest BCUT2D eigenvalue weighted by molar-refractivity contribution is 0.119. The minimum atomic E-state index is -0.0101. The zero-order valence-corrected chi connectivity index (χ0v) is 13.6. The van der Waals surface area contributed by atoms with Crippen LogP contribution in [-0.2, 0) is 6.54 Å². The number of hydrogen-bond acceptors (Lipinski definition) is 2. The Morgan fingerprint density at radius 2 is 2.00 bits per heavy atom. The van der Waals surface area contributed by atoms with Crippen LogP contribution in [0.5, 0.6) is 5.75 Å². The summed E-state index contributed by atoms with van der Waals surface area (Å²) >= 11 is 0. The topological polar surface area (TPSA) is 45.7 Å². The van der Waals surface area contributed by atoms with Crippen LogP contribution in [-0.4, -0.2) is 24.7 Å². The van der Waals surface area contributed by atoms with Gasteiger partial charge in [-0.25, -0.2) is 0 Å². The van der Waals surface area contributed by atoms with Crippen molar-refractivity contribution in [3.8, 4) is 5.75 Å². The van der Waals surface area contributed by atoms with E-state index in [2.05, 4.69) is 48.5 Å². The lowest BCUT2D eigenvalue weighted by Crippen LogP contribution is -2.47. The summed E-state index contributed by atoms with van der Waals surface area (Å²) in [5.41, 5.74) is 1.16. The molecule has 0 aliphatic heterocycles. The van der Waals surface area contributed by atoms with E-state index in [0.29, 0.717) is 12.6 Å². The number of ether oxygens (including phenoxy) is 1. The van der Waals surface area contributed by atoms with Crippen LogP contribution in [0.3, 0.4) is 0 Å². The van der Waals surface area contributed by atoms with Gasteiger partial charge in [-0.3, -0.25) is 4.99 Å². The van der Waals surface area contributed by atoms with Crippen molar-refractivity contribution in [3.05, 3.63) is 29.8 Å². The van der Waals surface area contributed by atoms with E-state index >= 15 is 0 Å². The van der Waals surface area contributed by atoms with Gasteiger partial charge in [-0.15, -0.1) is 0 Å². The molecule has 0 saturated heterocycles. The molecule has 0 atom stereocenters. The van der Waals surface area contributed by atoms with E-state index in [4.69, 9.17) is 4.74 Å². The smallest absolute Gasteiger partial charge is 0.191 e. The minimum Gasteiger partial charge on any atom is -0.490 e. The molecule has 1 fully saturated rings. The number of aliphatic imine (C=N–C) groups is 1. The van der Waals surface area contributed by atoms with Crippen LogP contribution in [0.25, 0.3) is 0 Å². The normalized spacial score (nSPS) is 16.3. The summed E-state index contributed by atoms with van der Waals surface area (Å²) in [6.45, 7) is 7.06. The van der Waals surface area contributed by atoms with Gasteiger partial charge in [-0.2, -0.15) is 0 Å². The molecule has 1 aliphatic rings. The van der Waals surface area contributed by atoms with Crippen molar-refractivity contribution in [2.24, 2.45) is 4.99 Å². The highest BCUT2D eigenvalue weighted by Crippen LogP contribution is 2.27. The van der Waals surface area contributed by atoms with Crippen molar-refractivity contribution in [1.29, 1.82) is 0 Å². The maximum absolute atomic E-state index is 6.05. The summed E-state index contributed by atoms with van der Waals surface area (Å²) in [4.78, 5) is 4.26. The second-order valence-electron chi connectivity index (χ2n) is 6.58. The monoisotopic (exact) mass is 289 g/mol. The standard InChI is InChI=1S/C17H27N3O/c1-17(2,3)20-16(18-4)19-12-13-8-5-6-11-15(13)21-14-9-7-10-14/h5-6,8,11,14H,7,9-10,12H2,1-4H3,(H2,18,19,20). The zero-order valence-electron chi connectivity index (χ0n) is 13.6. The van der Waals surface area contributed by atoms with Gasteiger partial charge in [0.15, 0.2) is 5.96 Å².